The van der Waals surface area contributed by atoms with Crippen molar-refractivity contribution in [2.24, 2.45) is 0 Å². The summed E-state index contributed by atoms with van der Waals surface area (Å²) in [6, 6.07) is 17.6. The molecule has 1 aromatic heterocycles. The van der Waals surface area contributed by atoms with E-state index >= 15 is 0 Å². The lowest BCUT2D eigenvalue weighted by Gasteiger charge is -2.08. The molecule has 0 saturated carbocycles. The summed E-state index contributed by atoms with van der Waals surface area (Å²) >= 11 is 6.30. The monoisotopic (exact) mass is 363 g/mol. The summed E-state index contributed by atoms with van der Waals surface area (Å²) in [6.45, 7) is 0.609. The van der Waals surface area contributed by atoms with Crippen LogP contribution in [0.25, 0.3) is 17.0 Å². The van der Waals surface area contributed by atoms with E-state index in [0.29, 0.717) is 11.6 Å². The highest BCUT2D eigenvalue weighted by atomic mass is 35.5. The Bertz CT molecular complexity index is 1040. The maximum absolute atomic E-state index is 12.2. The van der Waals surface area contributed by atoms with E-state index in [4.69, 9.17) is 11.6 Å². The molecule has 0 N–H and O–H groups in total. The number of aromatic nitrogens is 1. The zero-order chi connectivity index (χ0) is 18.7. The molecule has 0 aliphatic heterocycles. The lowest BCUT2D eigenvalue weighted by atomic mass is 10.1. The molecule has 5 heteroatoms. The average molecular weight is 364 g/mol. The number of halogens is 1. The molecule has 0 bridgehead atoms. The molecule has 1 heterocycles. The van der Waals surface area contributed by atoms with Crippen molar-refractivity contribution in [3.05, 3.63) is 76.5 Å². The number of para-hydroxylation sites is 1. The van der Waals surface area contributed by atoms with Gasteiger partial charge in [-0.2, -0.15) is 5.26 Å². The Morgan fingerprint density at radius 1 is 1.19 bits per heavy atom. The van der Waals surface area contributed by atoms with Crippen LogP contribution >= 0.6 is 11.6 Å². The first kappa shape index (κ1) is 17.8. The number of carbonyl (C=O) groups is 1. The largest absolute Gasteiger partial charge is 0.344 e. The number of amides is 1. The van der Waals surface area contributed by atoms with Gasteiger partial charge in [0.05, 0.1) is 0 Å². The minimum atomic E-state index is -0.310. The summed E-state index contributed by atoms with van der Waals surface area (Å²) in [6.07, 6.45) is 3.60. The molecular weight excluding hydrogens is 346 g/mol. The molecule has 0 unspecified atom stereocenters. The van der Waals surface area contributed by atoms with Crippen molar-refractivity contribution in [2.75, 3.05) is 14.1 Å². The highest BCUT2D eigenvalue weighted by molar-refractivity contribution is 6.31. The third-order valence-electron chi connectivity index (χ3n) is 4.17. The van der Waals surface area contributed by atoms with E-state index in [1.165, 1.54) is 4.90 Å². The molecule has 0 aliphatic rings. The quantitative estimate of drug-likeness (QED) is 0.511. The predicted molar refractivity (Wildman–Crippen MR) is 105 cm³/mol. The molecule has 1 amide bonds. The van der Waals surface area contributed by atoms with Crippen molar-refractivity contribution < 1.29 is 4.79 Å². The fraction of sp³-hybridized carbons (Fsp3) is 0.143. The second-order valence-corrected chi connectivity index (χ2v) is 6.60. The van der Waals surface area contributed by atoms with Crippen LogP contribution < -0.4 is 0 Å². The van der Waals surface area contributed by atoms with Gasteiger partial charge in [0.15, 0.2) is 0 Å². The van der Waals surface area contributed by atoms with Crippen molar-refractivity contribution in [1.29, 1.82) is 5.26 Å². The van der Waals surface area contributed by atoms with Gasteiger partial charge < -0.3 is 9.47 Å². The Labute approximate surface area is 157 Å². The van der Waals surface area contributed by atoms with Crippen LogP contribution in [0.3, 0.4) is 0 Å². The molecule has 0 aliphatic carbocycles. The summed E-state index contributed by atoms with van der Waals surface area (Å²) in [7, 11) is 3.27. The standard InChI is InChI=1S/C21H18ClN3O/c1-24(2)21(26)16(12-23)11-17-14-25(20-10-6-4-8-18(17)20)13-15-7-3-5-9-19(15)22/h3-11,14H,13H2,1-2H3/b16-11-. The van der Waals surface area contributed by atoms with Gasteiger partial charge in [0.1, 0.15) is 11.6 Å². The summed E-state index contributed by atoms with van der Waals surface area (Å²) < 4.78 is 2.08. The number of nitrogens with zero attached hydrogens (tertiary/aromatic N) is 3. The summed E-state index contributed by atoms with van der Waals surface area (Å²) in [5.74, 6) is -0.310. The number of benzene rings is 2. The van der Waals surface area contributed by atoms with Crippen molar-refractivity contribution in [3.63, 3.8) is 0 Å². The maximum atomic E-state index is 12.2. The van der Waals surface area contributed by atoms with Crippen molar-refractivity contribution >= 4 is 34.5 Å². The van der Waals surface area contributed by atoms with Gasteiger partial charge in [-0.3, -0.25) is 4.79 Å². The Hall–Kier alpha value is -3.03. The number of likely N-dealkylation sites (N-methyl/N-ethyl adjacent to an activating group) is 1. The fourth-order valence-electron chi connectivity index (χ4n) is 2.87. The zero-order valence-electron chi connectivity index (χ0n) is 14.6. The molecule has 0 radical (unpaired) electrons. The lowest BCUT2D eigenvalue weighted by molar-refractivity contribution is -0.124. The normalized spacial score (nSPS) is 11.4. The Balaban J connectivity index is 2.10. The Morgan fingerprint density at radius 2 is 1.88 bits per heavy atom. The van der Waals surface area contributed by atoms with E-state index in [-0.39, 0.29) is 11.5 Å². The van der Waals surface area contributed by atoms with Crippen LogP contribution in [-0.2, 0) is 11.3 Å². The van der Waals surface area contributed by atoms with Gasteiger partial charge in [0.25, 0.3) is 5.91 Å². The molecule has 3 rings (SSSR count). The number of hydrogen-bond donors (Lipinski definition) is 0. The maximum Gasteiger partial charge on any atom is 0.264 e. The van der Waals surface area contributed by atoms with Crippen LogP contribution in [0.4, 0.5) is 0 Å². The third kappa shape index (κ3) is 3.49. The van der Waals surface area contributed by atoms with Crippen molar-refractivity contribution in [2.45, 2.75) is 6.54 Å². The van der Waals surface area contributed by atoms with Gasteiger partial charge in [-0.05, 0) is 23.8 Å². The van der Waals surface area contributed by atoms with Gasteiger partial charge in [-0.25, -0.2) is 0 Å². The number of hydrogen-bond acceptors (Lipinski definition) is 2. The van der Waals surface area contributed by atoms with Gasteiger partial charge in [0, 0.05) is 48.3 Å². The minimum Gasteiger partial charge on any atom is -0.344 e. The van der Waals surface area contributed by atoms with Gasteiger partial charge in [0.2, 0.25) is 0 Å². The smallest absolute Gasteiger partial charge is 0.264 e. The molecule has 0 fully saturated rings. The lowest BCUT2D eigenvalue weighted by Crippen LogP contribution is -2.22. The number of nitriles is 1. The molecular formula is C21H18ClN3O. The van der Waals surface area contributed by atoms with Crippen LogP contribution in [0.1, 0.15) is 11.1 Å². The first-order valence-electron chi connectivity index (χ1n) is 8.16. The number of rotatable bonds is 4. The predicted octanol–water partition coefficient (Wildman–Crippen LogP) is 4.34. The van der Waals surface area contributed by atoms with Gasteiger partial charge in [-0.1, -0.05) is 48.0 Å². The second kappa shape index (κ2) is 7.47. The first-order valence-corrected chi connectivity index (χ1v) is 8.54. The van der Waals surface area contributed by atoms with Crippen LogP contribution in [0.5, 0.6) is 0 Å². The molecule has 0 atom stereocenters. The second-order valence-electron chi connectivity index (χ2n) is 6.19. The molecule has 3 aromatic rings. The first-order chi connectivity index (χ1) is 12.5. The number of carbonyl (C=O) groups excluding carboxylic acids is 1. The van der Waals surface area contributed by atoms with Gasteiger partial charge >= 0.3 is 0 Å². The fourth-order valence-corrected chi connectivity index (χ4v) is 3.06. The molecule has 0 spiro atoms. The topological polar surface area (TPSA) is 49.0 Å². The Morgan fingerprint density at radius 3 is 2.58 bits per heavy atom. The highest BCUT2D eigenvalue weighted by Crippen LogP contribution is 2.26. The average Bonchev–Trinajstić information content (AvgIpc) is 2.98. The molecule has 2 aromatic carbocycles. The summed E-state index contributed by atoms with van der Waals surface area (Å²) in [5.41, 5.74) is 2.97. The number of fused-ring (bicyclic) bond motifs is 1. The van der Waals surface area contributed by atoms with Crippen LogP contribution in [0, 0.1) is 11.3 Å². The van der Waals surface area contributed by atoms with Crippen LogP contribution in [0.15, 0.2) is 60.3 Å². The van der Waals surface area contributed by atoms with E-state index < -0.39 is 0 Å². The van der Waals surface area contributed by atoms with E-state index in [1.54, 1.807) is 20.2 Å². The Kier molecular flexibility index (Phi) is 5.11. The minimum absolute atomic E-state index is 0.107. The zero-order valence-corrected chi connectivity index (χ0v) is 15.4. The van der Waals surface area contributed by atoms with E-state index in [2.05, 4.69) is 4.57 Å². The van der Waals surface area contributed by atoms with E-state index in [1.807, 2.05) is 60.8 Å². The van der Waals surface area contributed by atoms with Gasteiger partial charge in [-0.15, -0.1) is 0 Å². The third-order valence-corrected chi connectivity index (χ3v) is 4.54. The SMILES string of the molecule is CN(C)C(=O)/C(C#N)=C\c1cn(Cc2ccccc2Cl)c2ccccc12. The van der Waals surface area contributed by atoms with E-state index in [0.717, 1.165) is 22.0 Å². The molecule has 26 heavy (non-hydrogen) atoms. The van der Waals surface area contributed by atoms with E-state index in [9.17, 15) is 10.1 Å². The summed E-state index contributed by atoms with van der Waals surface area (Å²) in [5, 5.41) is 11.1. The molecule has 0 saturated heterocycles. The van der Waals surface area contributed by atoms with Crippen LogP contribution in [-0.4, -0.2) is 29.5 Å². The molecule has 130 valence electrons. The van der Waals surface area contributed by atoms with Crippen LogP contribution in [0.2, 0.25) is 5.02 Å². The van der Waals surface area contributed by atoms with Crippen molar-refractivity contribution in [3.8, 4) is 6.07 Å². The summed E-state index contributed by atoms with van der Waals surface area (Å²) in [4.78, 5) is 13.6. The van der Waals surface area contributed by atoms with Crippen molar-refractivity contribution in [1.82, 2.24) is 9.47 Å². The molecule has 4 nitrogen and oxygen atoms in total. The highest BCUT2D eigenvalue weighted by Gasteiger charge is 2.14.